The summed E-state index contributed by atoms with van der Waals surface area (Å²) in [5.41, 5.74) is 5.53. The van der Waals surface area contributed by atoms with Gasteiger partial charge in [-0.25, -0.2) is 4.98 Å². The van der Waals surface area contributed by atoms with Crippen LogP contribution in [-0.4, -0.2) is 23.2 Å². The lowest BCUT2D eigenvalue weighted by Crippen LogP contribution is -2.39. The van der Waals surface area contributed by atoms with Gasteiger partial charge in [-0.05, 0) is 12.1 Å². The number of ketones is 1. The number of carbonyl (C=O) groups is 2. The average molecular weight is 191 g/mol. The molecule has 14 heavy (non-hydrogen) atoms. The number of nitrogens with one attached hydrogen (secondary N) is 1. The minimum atomic E-state index is -0.772. The fraction of sp³-hybridized carbons (Fsp3) is 0.222. The number of nitrogens with two attached hydrogens (primary N) is 1. The molecule has 3 N–H and O–H groups in total. The lowest BCUT2D eigenvalue weighted by molar-refractivity contribution is -0.120. The first-order valence-corrected chi connectivity index (χ1v) is 4.22. The number of amides is 1. The highest BCUT2D eigenvalue weighted by atomic mass is 16.2. The van der Waals surface area contributed by atoms with Crippen LogP contribution in [0.3, 0.4) is 0 Å². The SMILES string of the molecule is NC(=O)C1CNc2ncccc2C1=O. The third kappa shape index (κ3) is 1.22. The fourth-order valence-corrected chi connectivity index (χ4v) is 1.45. The van der Waals surface area contributed by atoms with E-state index in [1.54, 1.807) is 18.3 Å². The Morgan fingerprint density at radius 3 is 3.14 bits per heavy atom. The predicted molar refractivity (Wildman–Crippen MR) is 49.7 cm³/mol. The third-order valence-electron chi connectivity index (χ3n) is 2.21. The van der Waals surface area contributed by atoms with Crippen molar-refractivity contribution < 1.29 is 9.59 Å². The summed E-state index contributed by atoms with van der Waals surface area (Å²) in [5, 5.41) is 2.89. The zero-order valence-electron chi connectivity index (χ0n) is 7.36. The van der Waals surface area contributed by atoms with Crippen molar-refractivity contribution in [2.75, 3.05) is 11.9 Å². The van der Waals surface area contributed by atoms with Crippen LogP contribution in [0.5, 0.6) is 0 Å². The van der Waals surface area contributed by atoms with Crippen LogP contribution in [0, 0.1) is 5.92 Å². The summed E-state index contributed by atoms with van der Waals surface area (Å²) in [6.07, 6.45) is 1.59. The molecular weight excluding hydrogens is 182 g/mol. The summed E-state index contributed by atoms with van der Waals surface area (Å²) in [7, 11) is 0. The molecule has 0 radical (unpaired) electrons. The topological polar surface area (TPSA) is 85.1 Å². The first kappa shape index (κ1) is 8.68. The Kier molecular flexibility index (Phi) is 1.92. The molecule has 1 aliphatic rings. The van der Waals surface area contributed by atoms with Crippen molar-refractivity contribution in [2.24, 2.45) is 11.7 Å². The van der Waals surface area contributed by atoms with Gasteiger partial charge in [-0.3, -0.25) is 9.59 Å². The highest BCUT2D eigenvalue weighted by molar-refractivity contribution is 6.13. The molecule has 5 heteroatoms. The minimum absolute atomic E-state index is 0.234. The Hall–Kier alpha value is -1.91. The van der Waals surface area contributed by atoms with E-state index in [1.165, 1.54) is 0 Å². The van der Waals surface area contributed by atoms with E-state index < -0.39 is 11.8 Å². The average Bonchev–Trinajstić information content (AvgIpc) is 2.18. The Labute approximate surface area is 80.3 Å². The van der Waals surface area contributed by atoms with Crippen LogP contribution < -0.4 is 11.1 Å². The van der Waals surface area contributed by atoms with E-state index in [4.69, 9.17) is 5.73 Å². The smallest absolute Gasteiger partial charge is 0.230 e. The fourth-order valence-electron chi connectivity index (χ4n) is 1.45. The second-order valence-corrected chi connectivity index (χ2v) is 3.10. The maximum Gasteiger partial charge on any atom is 0.230 e. The molecule has 1 unspecified atom stereocenters. The van der Waals surface area contributed by atoms with Crippen LogP contribution in [-0.2, 0) is 4.79 Å². The quantitative estimate of drug-likeness (QED) is 0.601. The van der Waals surface area contributed by atoms with Crippen molar-refractivity contribution in [3.05, 3.63) is 23.9 Å². The molecule has 1 aliphatic heterocycles. The van der Waals surface area contributed by atoms with Gasteiger partial charge < -0.3 is 11.1 Å². The Balaban J connectivity index is 2.41. The minimum Gasteiger partial charge on any atom is -0.369 e. The Morgan fingerprint density at radius 1 is 1.64 bits per heavy atom. The molecule has 0 saturated carbocycles. The molecular formula is C9H9N3O2. The molecule has 0 fully saturated rings. The molecule has 1 aromatic rings. The summed E-state index contributed by atoms with van der Waals surface area (Å²) >= 11 is 0. The molecule has 5 nitrogen and oxygen atoms in total. The van der Waals surface area contributed by atoms with E-state index in [0.29, 0.717) is 11.4 Å². The van der Waals surface area contributed by atoms with Crippen LogP contribution in [0.15, 0.2) is 18.3 Å². The summed E-state index contributed by atoms with van der Waals surface area (Å²) < 4.78 is 0. The maximum atomic E-state index is 11.7. The van der Waals surface area contributed by atoms with Crippen LogP contribution in [0.1, 0.15) is 10.4 Å². The van der Waals surface area contributed by atoms with Gasteiger partial charge in [-0.2, -0.15) is 0 Å². The predicted octanol–water partition coefficient (Wildman–Crippen LogP) is -0.209. The molecule has 1 atom stereocenters. The van der Waals surface area contributed by atoms with Gasteiger partial charge in [0.05, 0.1) is 5.56 Å². The molecule has 0 bridgehead atoms. The standard InChI is InChI=1S/C9H9N3O2/c10-8(14)6-4-12-9-5(7(6)13)2-1-3-11-9/h1-3,6H,4H2,(H2,10,14)(H,11,12). The van der Waals surface area contributed by atoms with Gasteiger partial charge in [0, 0.05) is 12.7 Å². The maximum absolute atomic E-state index is 11.7. The lowest BCUT2D eigenvalue weighted by atomic mass is 9.94. The van der Waals surface area contributed by atoms with Gasteiger partial charge in [0.1, 0.15) is 11.7 Å². The summed E-state index contributed by atoms with van der Waals surface area (Å²) in [6.45, 7) is 0.234. The van der Waals surface area contributed by atoms with Gasteiger partial charge in [0.15, 0.2) is 5.78 Å². The van der Waals surface area contributed by atoms with E-state index in [9.17, 15) is 9.59 Å². The second kappa shape index (κ2) is 3.10. The van der Waals surface area contributed by atoms with E-state index in [2.05, 4.69) is 10.3 Å². The van der Waals surface area contributed by atoms with Gasteiger partial charge in [0.25, 0.3) is 0 Å². The zero-order chi connectivity index (χ0) is 10.1. The number of Topliss-reactive ketones (excluding diaryl/α,β-unsaturated/α-hetero) is 1. The van der Waals surface area contributed by atoms with Crippen LogP contribution >= 0.6 is 0 Å². The molecule has 1 aromatic heterocycles. The molecule has 2 rings (SSSR count). The number of fused-ring (bicyclic) bond motifs is 1. The molecule has 0 spiro atoms. The van der Waals surface area contributed by atoms with Gasteiger partial charge >= 0.3 is 0 Å². The van der Waals surface area contributed by atoms with Gasteiger partial charge in [0.2, 0.25) is 5.91 Å². The second-order valence-electron chi connectivity index (χ2n) is 3.10. The first-order valence-electron chi connectivity index (χ1n) is 4.22. The van der Waals surface area contributed by atoms with E-state index in [-0.39, 0.29) is 12.3 Å². The number of carbonyl (C=O) groups excluding carboxylic acids is 2. The largest absolute Gasteiger partial charge is 0.369 e. The van der Waals surface area contributed by atoms with Crippen molar-refractivity contribution in [2.45, 2.75) is 0 Å². The molecule has 0 aliphatic carbocycles. The van der Waals surface area contributed by atoms with Crippen molar-refractivity contribution in [3.8, 4) is 0 Å². The van der Waals surface area contributed by atoms with Crippen molar-refractivity contribution in [3.63, 3.8) is 0 Å². The summed E-state index contributed by atoms with van der Waals surface area (Å²) in [5.74, 6) is -1.10. The summed E-state index contributed by atoms with van der Waals surface area (Å²) in [6, 6.07) is 3.29. The van der Waals surface area contributed by atoms with Gasteiger partial charge in [-0.15, -0.1) is 0 Å². The first-order chi connectivity index (χ1) is 6.70. The van der Waals surface area contributed by atoms with Crippen molar-refractivity contribution >= 4 is 17.5 Å². The Morgan fingerprint density at radius 2 is 2.43 bits per heavy atom. The molecule has 0 saturated heterocycles. The van der Waals surface area contributed by atoms with Crippen LogP contribution in [0.2, 0.25) is 0 Å². The summed E-state index contributed by atoms with van der Waals surface area (Å²) in [4.78, 5) is 26.6. The van der Waals surface area contributed by atoms with Gasteiger partial charge in [-0.1, -0.05) is 0 Å². The van der Waals surface area contributed by atoms with Crippen molar-refractivity contribution in [1.29, 1.82) is 0 Å². The highest BCUT2D eigenvalue weighted by Gasteiger charge is 2.31. The molecule has 1 amide bonds. The number of hydrogen-bond acceptors (Lipinski definition) is 4. The van der Waals surface area contributed by atoms with E-state index in [0.717, 1.165) is 0 Å². The molecule has 0 aromatic carbocycles. The number of aromatic nitrogens is 1. The van der Waals surface area contributed by atoms with Crippen LogP contribution in [0.4, 0.5) is 5.82 Å². The number of hydrogen-bond donors (Lipinski definition) is 2. The molecule has 2 heterocycles. The number of pyridine rings is 1. The van der Waals surface area contributed by atoms with Crippen molar-refractivity contribution in [1.82, 2.24) is 4.98 Å². The monoisotopic (exact) mass is 191 g/mol. The number of primary amides is 1. The van der Waals surface area contributed by atoms with E-state index in [1.807, 2.05) is 0 Å². The van der Waals surface area contributed by atoms with Crippen LogP contribution in [0.25, 0.3) is 0 Å². The zero-order valence-corrected chi connectivity index (χ0v) is 7.36. The third-order valence-corrected chi connectivity index (χ3v) is 2.21. The number of nitrogens with zero attached hydrogens (tertiary/aromatic N) is 1. The number of rotatable bonds is 1. The molecule has 72 valence electrons. The van der Waals surface area contributed by atoms with E-state index >= 15 is 0 Å². The highest BCUT2D eigenvalue weighted by Crippen LogP contribution is 2.21. The normalized spacial score (nSPS) is 19.7. The lowest BCUT2D eigenvalue weighted by Gasteiger charge is -2.21. The Bertz CT molecular complexity index is 403. The number of anilines is 1.